The molecule has 1 fully saturated rings. The van der Waals surface area contributed by atoms with Crippen molar-refractivity contribution in [1.29, 1.82) is 0 Å². The second-order valence-electron chi connectivity index (χ2n) is 5.01. The molecule has 1 saturated carbocycles. The number of benzene rings is 1. The van der Waals surface area contributed by atoms with Crippen LogP contribution >= 0.6 is 11.6 Å². The molecule has 106 valence electrons. The molecule has 0 amide bonds. The van der Waals surface area contributed by atoms with E-state index >= 15 is 0 Å². The van der Waals surface area contributed by atoms with Crippen LogP contribution in [0.4, 0.5) is 0 Å². The summed E-state index contributed by atoms with van der Waals surface area (Å²) in [6.45, 7) is 1.15. The van der Waals surface area contributed by atoms with Crippen molar-refractivity contribution in [2.75, 3.05) is 20.6 Å². The molecular formula is C13H19ClN2O2S. The number of sulfonamides is 1. The van der Waals surface area contributed by atoms with Gasteiger partial charge >= 0.3 is 0 Å². The van der Waals surface area contributed by atoms with Crippen molar-refractivity contribution in [1.82, 2.24) is 9.62 Å². The van der Waals surface area contributed by atoms with E-state index in [2.05, 4.69) is 5.32 Å². The molecule has 2 rings (SSSR count). The third-order valence-corrected chi connectivity index (χ3v) is 5.49. The maximum absolute atomic E-state index is 12.4. The van der Waals surface area contributed by atoms with Crippen molar-refractivity contribution in [3.8, 4) is 0 Å². The van der Waals surface area contributed by atoms with Crippen molar-refractivity contribution in [3.05, 3.63) is 28.8 Å². The predicted molar refractivity (Wildman–Crippen MR) is 76.8 cm³/mol. The van der Waals surface area contributed by atoms with E-state index < -0.39 is 10.0 Å². The number of nitrogens with zero attached hydrogens (tertiary/aromatic N) is 1. The molecule has 0 spiro atoms. The molecular weight excluding hydrogens is 284 g/mol. The van der Waals surface area contributed by atoms with E-state index in [0.29, 0.717) is 28.9 Å². The first-order valence-corrected chi connectivity index (χ1v) is 8.16. The Balaban J connectivity index is 2.25. The van der Waals surface area contributed by atoms with Crippen LogP contribution in [0.25, 0.3) is 0 Å². The zero-order valence-corrected chi connectivity index (χ0v) is 12.8. The summed E-state index contributed by atoms with van der Waals surface area (Å²) in [5.41, 5.74) is 0.796. The maximum Gasteiger partial charge on any atom is 0.242 e. The summed E-state index contributed by atoms with van der Waals surface area (Å²) >= 11 is 6.05. The fraction of sp³-hybridized carbons (Fsp3) is 0.538. The zero-order chi connectivity index (χ0) is 14.0. The van der Waals surface area contributed by atoms with E-state index in [0.717, 1.165) is 18.4 Å². The molecule has 0 atom stereocenters. The minimum absolute atomic E-state index is 0.310. The second-order valence-corrected chi connectivity index (χ2v) is 7.46. The van der Waals surface area contributed by atoms with Gasteiger partial charge in [0.15, 0.2) is 0 Å². The van der Waals surface area contributed by atoms with Gasteiger partial charge in [0, 0.05) is 25.2 Å². The quantitative estimate of drug-likeness (QED) is 0.875. The third kappa shape index (κ3) is 3.48. The fourth-order valence-corrected chi connectivity index (χ4v) is 3.46. The Morgan fingerprint density at radius 1 is 1.42 bits per heavy atom. The van der Waals surface area contributed by atoms with Crippen LogP contribution in [0.3, 0.4) is 0 Å². The molecule has 0 aliphatic heterocycles. The van der Waals surface area contributed by atoms with Crippen molar-refractivity contribution in [3.63, 3.8) is 0 Å². The molecule has 0 heterocycles. The highest BCUT2D eigenvalue weighted by atomic mass is 35.5. The van der Waals surface area contributed by atoms with Gasteiger partial charge in [-0.3, -0.25) is 0 Å². The smallest absolute Gasteiger partial charge is 0.242 e. The number of hydrogen-bond acceptors (Lipinski definition) is 3. The number of hydrogen-bond donors (Lipinski definition) is 1. The lowest BCUT2D eigenvalue weighted by Gasteiger charge is -2.17. The molecule has 19 heavy (non-hydrogen) atoms. The van der Waals surface area contributed by atoms with Gasteiger partial charge in [0.05, 0.1) is 4.90 Å². The Hall–Kier alpha value is -0.620. The summed E-state index contributed by atoms with van der Waals surface area (Å²) < 4.78 is 26.3. The minimum atomic E-state index is -3.40. The third-order valence-electron chi connectivity index (χ3n) is 3.30. The van der Waals surface area contributed by atoms with Crippen molar-refractivity contribution in [2.45, 2.75) is 24.3 Å². The molecule has 0 radical (unpaired) electrons. The van der Waals surface area contributed by atoms with Crippen molar-refractivity contribution in [2.24, 2.45) is 5.92 Å². The van der Waals surface area contributed by atoms with Gasteiger partial charge in [-0.15, -0.1) is 0 Å². The van der Waals surface area contributed by atoms with Gasteiger partial charge in [0.2, 0.25) is 10.0 Å². The monoisotopic (exact) mass is 302 g/mol. The first kappa shape index (κ1) is 14.8. The van der Waals surface area contributed by atoms with Crippen LogP contribution in [0.2, 0.25) is 5.02 Å². The van der Waals surface area contributed by atoms with Crippen LogP contribution in [-0.4, -0.2) is 33.4 Å². The standard InChI is InChI=1S/C13H19ClN2O2S/c1-15-8-11-7-12(5-6-13(11)14)19(17,18)16(2)9-10-3-4-10/h5-7,10,15H,3-4,8-9H2,1-2H3. The summed E-state index contributed by atoms with van der Waals surface area (Å²) in [4.78, 5) is 0.310. The molecule has 0 unspecified atom stereocenters. The molecule has 1 N–H and O–H groups in total. The van der Waals surface area contributed by atoms with Gasteiger partial charge < -0.3 is 5.32 Å². The average molecular weight is 303 g/mol. The molecule has 1 aromatic carbocycles. The van der Waals surface area contributed by atoms with Crippen LogP contribution in [-0.2, 0) is 16.6 Å². The van der Waals surface area contributed by atoms with Crippen LogP contribution in [0.15, 0.2) is 23.1 Å². The van der Waals surface area contributed by atoms with Crippen LogP contribution < -0.4 is 5.32 Å². The highest BCUT2D eigenvalue weighted by Crippen LogP contribution is 2.31. The van der Waals surface area contributed by atoms with Gasteiger partial charge in [-0.1, -0.05) is 11.6 Å². The highest BCUT2D eigenvalue weighted by Gasteiger charge is 2.29. The van der Waals surface area contributed by atoms with Gasteiger partial charge in [-0.05, 0) is 49.6 Å². The molecule has 1 aliphatic carbocycles. The van der Waals surface area contributed by atoms with E-state index in [1.807, 2.05) is 0 Å². The summed E-state index contributed by atoms with van der Waals surface area (Å²) in [6, 6.07) is 4.86. The second kappa shape index (κ2) is 5.79. The van der Waals surface area contributed by atoms with Gasteiger partial charge in [-0.25, -0.2) is 12.7 Å². The Labute approximate surface area is 119 Å². The van der Waals surface area contributed by atoms with E-state index in [-0.39, 0.29) is 0 Å². The first-order chi connectivity index (χ1) is 8.95. The summed E-state index contributed by atoms with van der Waals surface area (Å²) in [5, 5.41) is 3.56. The SMILES string of the molecule is CNCc1cc(S(=O)(=O)N(C)CC2CC2)ccc1Cl. The summed E-state index contributed by atoms with van der Waals surface area (Å²) in [7, 11) is 0.0365. The van der Waals surface area contributed by atoms with E-state index in [4.69, 9.17) is 11.6 Å². The van der Waals surface area contributed by atoms with Crippen LogP contribution in [0, 0.1) is 5.92 Å². The number of rotatable bonds is 6. The Morgan fingerprint density at radius 2 is 2.11 bits per heavy atom. The van der Waals surface area contributed by atoms with Crippen LogP contribution in [0.5, 0.6) is 0 Å². The molecule has 6 heteroatoms. The summed E-state index contributed by atoms with van der Waals surface area (Å²) in [5.74, 6) is 0.531. The lowest BCUT2D eigenvalue weighted by atomic mass is 10.2. The Morgan fingerprint density at radius 3 is 2.68 bits per heavy atom. The molecule has 1 aromatic rings. The lowest BCUT2D eigenvalue weighted by Crippen LogP contribution is -2.29. The normalized spacial score (nSPS) is 16.0. The Kier molecular flexibility index (Phi) is 4.50. The predicted octanol–water partition coefficient (Wildman–Crippen LogP) is 2.09. The highest BCUT2D eigenvalue weighted by molar-refractivity contribution is 7.89. The molecule has 4 nitrogen and oxygen atoms in total. The maximum atomic E-state index is 12.4. The van der Waals surface area contributed by atoms with Crippen molar-refractivity contribution >= 4 is 21.6 Å². The molecule has 0 bridgehead atoms. The van der Waals surface area contributed by atoms with Crippen molar-refractivity contribution < 1.29 is 8.42 Å². The van der Waals surface area contributed by atoms with Gasteiger partial charge in [-0.2, -0.15) is 0 Å². The van der Waals surface area contributed by atoms with E-state index in [1.165, 1.54) is 4.31 Å². The van der Waals surface area contributed by atoms with Crippen LogP contribution in [0.1, 0.15) is 18.4 Å². The van der Waals surface area contributed by atoms with Gasteiger partial charge in [0.1, 0.15) is 0 Å². The first-order valence-electron chi connectivity index (χ1n) is 6.34. The zero-order valence-electron chi connectivity index (χ0n) is 11.2. The number of halogens is 1. The summed E-state index contributed by atoms with van der Waals surface area (Å²) in [6.07, 6.45) is 2.26. The lowest BCUT2D eigenvalue weighted by molar-refractivity contribution is 0.453. The largest absolute Gasteiger partial charge is 0.316 e. The molecule has 1 aliphatic rings. The topological polar surface area (TPSA) is 49.4 Å². The van der Waals surface area contributed by atoms with E-state index in [9.17, 15) is 8.42 Å². The molecule has 0 saturated heterocycles. The minimum Gasteiger partial charge on any atom is -0.316 e. The Bertz CT molecular complexity index is 556. The van der Waals surface area contributed by atoms with Gasteiger partial charge in [0.25, 0.3) is 0 Å². The molecule has 0 aromatic heterocycles. The number of nitrogens with one attached hydrogen (secondary N) is 1. The van der Waals surface area contributed by atoms with E-state index in [1.54, 1.807) is 32.3 Å². The fourth-order valence-electron chi connectivity index (χ4n) is 1.98. The average Bonchev–Trinajstić information content (AvgIpc) is 3.16.